The molecule has 4 heteroatoms. The van der Waals surface area contributed by atoms with Crippen molar-refractivity contribution in [2.75, 3.05) is 11.9 Å². The van der Waals surface area contributed by atoms with Gasteiger partial charge in [-0.2, -0.15) is 0 Å². The molecule has 0 radical (unpaired) electrons. The predicted molar refractivity (Wildman–Crippen MR) is 77.0 cm³/mol. The van der Waals surface area contributed by atoms with Crippen LogP contribution in [0, 0.1) is 6.92 Å². The van der Waals surface area contributed by atoms with Gasteiger partial charge in [-0.1, -0.05) is 23.7 Å². The number of phenolic OH excluding ortho intramolecular Hbond substituents is 1. The fourth-order valence-electron chi connectivity index (χ4n) is 1.81. The number of benzene rings is 2. The molecule has 0 unspecified atom stereocenters. The Hall–Kier alpha value is -2.00. The zero-order chi connectivity index (χ0) is 14.0. The number of halogens is 1. The van der Waals surface area contributed by atoms with Gasteiger partial charge in [0.2, 0.25) is 0 Å². The van der Waals surface area contributed by atoms with Crippen LogP contribution in [0.1, 0.15) is 15.9 Å². The number of nitrogens with zero attached hydrogens (tertiary/aromatic N) is 1. The molecule has 98 valence electrons. The van der Waals surface area contributed by atoms with E-state index in [9.17, 15) is 9.90 Å². The van der Waals surface area contributed by atoms with Crippen LogP contribution in [0.15, 0.2) is 42.5 Å². The molecule has 0 aromatic heterocycles. The Morgan fingerprint density at radius 2 is 1.95 bits per heavy atom. The Kier molecular flexibility index (Phi) is 3.76. The fourth-order valence-corrected chi connectivity index (χ4v) is 1.99. The van der Waals surface area contributed by atoms with Crippen LogP contribution in [0.4, 0.5) is 5.69 Å². The van der Waals surface area contributed by atoms with Gasteiger partial charge in [0.05, 0.1) is 5.56 Å². The van der Waals surface area contributed by atoms with E-state index in [0.29, 0.717) is 5.02 Å². The molecule has 0 fully saturated rings. The largest absolute Gasteiger partial charge is 0.507 e. The molecule has 0 aliphatic heterocycles. The Morgan fingerprint density at radius 3 is 2.63 bits per heavy atom. The monoisotopic (exact) mass is 275 g/mol. The van der Waals surface area contributed by atoms with E-state index >= 15 is 0 Å². The van der Waals surface area contributed by atoms with Gasteiger partial charge in [-0.15, -0.1) is 0 Å². The standard InChI is InChI=1S/C15H14ClNO2/c1-10-4-3-5-12(8-10)17(2)15(19)13-9-11(16)6-7-14(13)18/h3-9,18H,1-2H3. The topological polar surface area (TPSA) is 40.5 Å². The van der Waals surface area contributed by atoms with Crippen molar-refractivity contribution in [2.45, 2.75) is 6.92 Å². The van der Waals surface area contributed by atoms with E-state index in [1.165, 1.54) is 17.0 Å². The molecule has 0 saturated heterocycles. The first-order valence-corrected chi connectivity index (χ1v) is 6.20. The van der Waals surface area contributed by atoms with Gasteiger partial charge in [0.15, 0.2) is 0 Å². The number of aromatic hydroxyl groups is 1. The zero-order valence-electron chi connectivity index (χ0n) is 10.7. The molecular formula is C15H14ClNO2. The van der Waals surface area contributed by atoms with Crippen molar-refractivity contribution in [3.8, 4) is 5.75 Å². The van der Waals surface area contributed by atoms with Gasteiger partial charge in [0.25, 0.3) is 5.91 Å². The lowest BCUT2D eigenvalue weighted by molar-refractivity contribution is 0.0990. The van der Waals surface area contributed by atoms with Crippen molar-refractivity contribution in [1.29, 1.82) is 0 Å². The summed E-state index contributed by atoms with van der Waals surface area (Å²) in [4.78, 5) is 13.8. The van der Waals surface area contributed by atoms with Crippen molar-refractivity contribution in [3.63, 3.8) is 0 Å². The lowest BCUT2D eigenvalue weighted by Gasteiger charge is -2.18. The SMILES string of the molecule is Cc1cccc(N(C)C(=O)c2cc(Cl)ccc2O)c1. The summed E-state index contributed by atoms with van der Waals surface area (Å²) in [6.07, 6.45) is 0. The van der Waals surface area contributed by atoms with Crippen molar-refractivity contribution >= 4 is 23.2 Å². The van der Waals surface area contributed by atoms with E-state index < -0.39 is 0 Å². The second-order valence-corrected chi connectivity index (χ2v) is 4.80. The first-order valence-electron chi connectivity index (χ1n) is 5.82. The van der Waals surface area contributed by atoms with E-state index in [-0.39, 0.29) is 17.2 Å². The molecule has 2 aromatic carbocycles. The van der Waals surface area contributed by atoms with Crippen molar-refractivity contribution in [3.05, 3.63) is 58.6 Å². The minimum atomic E-state index is -0.300. The van der Waals surface area contributed by atoms with E-state index in [2.05, 4.69) is 0 Å². The lowest BCUT2D eigenvalue weighted by atomic mass is 10.1. The molecule has 0 atom stereocenters. The number of anilines is 1. The number of rotatable bonds is 2. The number of hydrogen-bond donors (Lipinski definition) is 1. The van der Waals surface area contributed by atoms with Crippen LogP contribution in [0.5, 0.6) is 5.75 Å². The number of carbonyl (C=O) groups is 1. The molecule has 3 nitrogen and oxygen atoms in total. The maximum absolute atomic E-state index is 12.3. The van der Waals surface area contributed by atoms with E-state index in [4.69, 9.17) is 11.6 Å². The summed E-state index contributed by atoms with van der Waals surface area (Å²) >= 11 is 5.85. The first-order chi connectivity index (χ1) is 8.99. The Bertz CT molecular complexity index is 625. The molecule has 0 saturated carbocycles. The maximum Gasteiger partial charge on any atom is 0.261 e. The fraction of sp³-hybridized carbons (Fsp3) is 0.133. The first kappa shape index (κ1) is 13.4. The molecule has 0 aliphatic carbocycles. The van der Waals surface area contributed by atoms with Crippen LogP contribution in [-0.4, -0.2) is 18.1 Å². The Labute approximate surface area is 117 Å². The van der Waals surface area contributed by atoms with Gasteiger partial charge < -0.3 is 10.0 Å². The highest BCUT2D eigenvalue weighted by atomic mass is 35.5. The molecule has 0 spiro atoms. The summed E-state index contributed by atoms with van der Waals surface area (Å²) in [6.45, 7) is 1.96. The summed E-state index contributed by atoms with van der Waals surface area (Å²) in [7, 11) is 1.66. The maximum atomic E-state index is 12.3. The van der Waals surface area contributed by atoms with Crippen molar-refractivity contribution < 1.29 is 9.90 Å². The molecule has 19 heavy (non-hydrogen) atoms. The van der Waals surface area contributed by atoms with Crippen LogP contribution in [0.3, 0.4) is 0 Å². The molecule has 0 bridgehead atoms. The van der Waals surface area contributed by atoms with E-state index in [1.807, 2.05) is 31.2 Å². The van der Waals surface area contributed by atoms with Crippen molar-refractivity contribution in [2.24, 2.45) is 0 Å². The molecule has 2 aromatic rings. The van der Waals surface area contributed by atoms with Gasteiger partial charge in [-0.05, 0) is 42.8 Å². The van der Waals surface area contributed by atoms with Crippen LogP contribution in [0.2, 0.25) is 5.02 Å². The van der Waals surface area contributed by atoms with Crippen molar-refractivity contribution in [1.82, 2.24) is 0 Å². The third-order valence-electron chi connectivity index (χ3n) is 2.88. The summed E-state index contributed by atoms with van der Waals surface area (Å²) in [5.74, 6) is -0.375. The third kappa shape index (κ3) is 2.88. The average Bonchev–Trinajstić information content (AvgIpc) is 2.40. The Morgan fingerprint density at radius 1 is 1.21 bits per heavy atom. The normalized spacial score (nSPS) is 10.3. The lowest BCUT2D eigenvalue weighted by Crippen LogP contribution is -2.26. The van der Waals surface area contributed by atoms with Crippen LogP contribution >= 0.6 is 11.6 Å². The predicted octanol–water partition coefficient (Wildman–Crippen LogP) is 3.63. The minimum absolute atomic E-state index is 0.0751. The van der Waals surface area contributed by atoms with Gasteiger partial charge in [0, 0.05) is 17.8 Å². The highest BCUT2D eigenvalue weighted by molar-refractivity contribution is 6.31. The second-order valence-electron chi connectivity index (χ2n) is 4.36. The van der Waals surface area contributed by atoms with E-state index in [0.717, 1.165) is 11.3 Å². The summed E-state index contributed by atoms with van der Waals surface area (Å²) < 4.78 is 0. The average molecular weight is 276 g/mol. The Balaban J connectivity index is 2.36. The number of hydrogen-bond acceptors (Lipinski definition) is 2. The number of amides is 1. The molecule has 0 heterocycles. The number of aryl methyl sites for hydroxylation is 1. The van der Waals surface area contributed by atoms with E-state index in [1.54, 1.807) is 13.1 Å². The van der Waals surface area contributed by atoms with Gasteiger partial charge in [0.1, 0.15) is 5.75 Å². The minimum Gasteiger partial charge on any atom is -0.507 e. The molecular weight excluding hydrogens is 262 g/mol. The second kappa shape index (κ2) is 5.33. The van der Waals surface area contributed by atoms with Gasteiger partial charge in [-0.3, -0.25) is 4.79 Å². The smallest absolute Gasteiger partial charge is 0.261 e. The van der Waals surface area contributed by atoms with Gasteiger partial charge >= 0.3 is 0 Å². The summed E-state index contributed by atoms with van der Waals surface area (Å²) in [6, 6.07) is 12.0. The zero-order valence-corrected chi connectivity index (χ0v) is 11.5. The summed E-state index contributed by atoms with van der Waals surface area (Å²) in [5.41, 5.74) is 2.02. The summed E-state index contributed by atoms with van der Waals surface area (Å²) in [5, 5.41) is 10.2. The molecule has 1 amide bonds. The van der Waals surface area contributed by atoms with Crippen LogP contribution < -0.4 is 4.90 Å². The number of phenols is 1. The van der Waals surface area contributed by atoms with Gasteiger partial charge in [-0.25, -0.2) is 0 Å². The molecule has 0 aliphatic rings. The highest BCUT2D eigenvalue weighted by Crippen LogP contribution is 2.25. The van der Waals surface area contributed by atoms with Crippen LogP contribution in [-0.2, 0) is 0 Å². The third-order valence-corrected chi connectivity index (χ3v) is 3.12. The number of carbonyl (C=O) groups excluding carboxylic acids is 1. The molecule has 1 N–H and O–H groups in total. The quantitative estimate of drug-likeness (QED) is 0.909. The molecule has 2 rings (SSSR count). The van der Waals surface area contributed by atoms with Crippen LogP contribution in [0.25, 0.3) is 0 Å². The highest BCUT2D eigenvalue weighted by Gasteiger charge is 2.17.